The quantitative estimate of drug-likeness (QED) is 0.457. The van der Waals surface area contributed by atoms with E-state index in [1.54, 1.807) is 35.7 Å². The van der Waals surface area contributed by atoms with Gasteiger partial charge in [0.1, 0.15) is 5.82 Å². The van der Waals surface area contributed by atoms with Gasteiger partial charge in [-0.3, -0.25) is 4.79 Å². The Balaban J connectivity index is 1.42. The molecule has 33 heavy (non-hydrogen) atoms. The number of hydrogen-bond donors (Lipinski definition) is 1. The van der Waals surface area contributed by atoms with Crippen LogP contribution >= 0.6 is 11.3 Å². The highest BCUT2D eigenvalue weighted by Crippen LogP contribution is 2.35. The van der Waals surface area contributed by atoms with Gasteiger partial charge in [-0.15, -0.1) is 11.3 Å². The molecule has 170 valence electrons. The van der Waals surface area contributed by atoms with Gasteiger partial charge in [0.25, 0.3) is 5.91 Å². The molecular formula is C25H25FN4O2S. The Morgan fingerprint density at radius 2 is 2.09 bits per heavy atom. The molecule has 4 heterocycles. The number of amides is 1. The molecule has 0 saturated carbocycles. The van der Waals surface area contributed by atoms with Gasteiger partial charge >= 0.3 is 0 Å². The first-order chi connectivity index (χ1) is 16.0. The van der Waals surface area contributed by atoms with Crippen LogP contribution in [0, 0.1) is 12.7 Å². The molecule has 0 spiro atoms. The summed E-state index contributed by atoms with van der Waals surface area (Å²) in [7, 11) is 0. The predicted octanol–water partition coefficient (Wildman–Crippen LogP) is 4.47. The lowest BCUT2D eigenvalue weighted by molar-refractivity contribution is 0.0486. The second-order valence-corrected chi connectivity index (χ2v) is 9.55. The van der Waals surface area contributed by atoms with Gasteiger partial charge < -0.3 is 10.1 Å². The van der Waals surface area contributed by atoms with Crippen molar-refractivity contribution in [3.05, 3.63) is 81.6 Å². The van der Waals surface area contributed by atoms with Crippen molar-refractivity contribution in [2.45, 2.75) is 31.7 Å². The average Bonchev–Trinajstić information content (AvgIpc) is 3.48. The molecule has 0 atom stereocenters. The zero-order valence-corrected chi connectivity index (χ0v) is 19.2. The van der Waals surface area contributed by atoms with E-state index in [1.165, 1.54) is 10.9 Å². The van der Waals surface area contributed by atoms with Gasteiger partial charge in [-0.25, -0.2) is 14.1 Å². The zero-order chi connectivity index (χ0) is 22.8. The number of rotatable bonds is 6. The van der Waals surface area contributed by atoms with E-state index in [9.17, 15) is 9.18 Å². The van der Waals surface area contributed by atoms with E-state index in [0.29, 0.717) is 37.5 Å². The van der Waals surface area contributed by atoms with Crippen LogP contribution in [-0.2, 0) is 16.7 Å². The van der Waals surface area contributed by atoms with E-state index in [0.717, 1.165) is 29.5 Å². The Kier molecular flexibility index (Phi) is 5.95. The summed E-state index contributed by atoms with van der Waals surface area (Å²) in [5.74, 6) is -0.447. The number of ether oxygens (including phenoxy) is 1. The lowest BCUT2D eigenvalue weighted by Gasteiger charge is -2.38. The van der Waals surface area contributed by atoms with Crippen LogP contribution in [0.5, 0.6) is 0 Å². The van der Waals surface area contributed by atoms with Gasteiger partial charge in [0.05, 0.1) is 23.7 Å². The third-order valence-corrected chi connectivity index (χ3v) is 7.20. The minimum absolute atomic E-state index is 0.177. The molecule has 1 saturated heterocycles. The van der Waals surface area contributed by atoms with Gasteiger partial charge in [0.2, 0.25) is 0 Å². The monoisotopic (exact) mass is 464 g/mol. The van der Waals surface area contributed by atoms with Gasteiger partial charge in [0, 0.05) is 35.7 Å². The second kappa shape index (κ2) is 9.03. The lowest BCUT2D eigenvalue weighted by atomic mass is 9.74. The van der Waals surface area contributed by atoms with Gasteiger partial charge in [0.15, 0.2) is 5.65 Å². The summed E-state index contributed by atoms with van der Waals surface area (Å²) >= 11 is 1.66. The van der Waals surface area contributed by atoms with Crippen molar-refractivity contribution in [3.63, 3.8) is 0 Å². The number of thiophene rings is 1. The molecule has 1 aromatic carbocycles. The van der Waals surface area contributed by atoms with E-state index in [1.807, 2.05) is 29.1 Å². The highest BCUT2D eigenvalue weighted by Gasteiger charge is 2.35. The minimum Gasteiger partial charge on any atom is -0.381 e. The summed E-state index contributed by atoms with van der Waals surface area (Å²) in [5, 5.41) is 10.4. The number of benzene rings is 1. The number of nitrogens with one attached hydrogen (secondary N) is 1. The van der Waals surface area contributed by atoms with E-state index < -0.39 is 0 Å². The summed E-state index contributed by atoms with van der Waals surface area (Å²) in [5.41, 5.74) is 2.54. The number of pyridine rings is 1. The largest absolute Gasteiger partial charge is 0.381 e. The number of fused-ring (bicyclic) bond motifs is 1. The van der Waals surface area contributed by atoms with E-state index in [-0.39, 0.29) is 17.1 Å². The molecule has 1 amide bonds. The van der Waals surface area contributed by atoms with Crippen LogP contribution < -0.4 is 5.32 Å². The molecule has 1 N–H and O–H groups in total. The molecule has 0 bridgehead atoms. The van der Waals surface area contributed by atoms with Crippen LogP contribution in [0.1, 0.15) is 39.3 Å². The number of halogens is 1. The minimum atomic E-state index is -0.361. The molecular weight excluding hydrogens is 439 g/mol. The van der Waals surface area contributed by atoms with Crippen LogP contribution in [0.25, 0.3) is 11.0 Å². The number of hydrogen-bond acceptors (Lipinski definition) is 5. The van der Waals surface area contributed by atoms with E-state index >= 15 is 0 Å². The number of aromatic nitrogens is 3. The Hall–Kier alpha value is -3.10. The molecule has 0 aliphatic carbocycles. The molecule has 8 heteroatoms. The highest BCUT2D eigenvalue weighted by atomic mass is 32.1. The number of aryl methyl sites for hydroxylation is 1. The van der Waals surface area contributed by atoms with Crippen molar-refractivity contribution in [2.24, 2.45) is 0 Å². The molecule has 0 unspecified atom stereocenters. The van der Waals surface area contributed by atoms with Gasteiger partial charge in [-0.1, -0.05) is 18.2 Å². The maximum atomic E-state index is 14.0. The number of nitrogens with zero attached hydrogens (tertiary/aromatic N) is 3. The van der Waals surface area contributed by atoms with Crippen molar-refractivity contribution in [3.8, 4) is 0 Å². The van der Waals surface area contributed by atoms with Crippen molar-refractivity contribution >= 4 is 28.3 Å². The second-order valence-electron chi connectivity index (χ2n) is 8.52. The third-order valence-electron chi connectivity index (χ3n) is 6.34. The maximum absolute atomic E-state index is 14.0. The first-order valence-electron chi connectivity index (χ1n) is 11.0. The van der Waals surface area contributed by atoms with Gasteiger partial charge in [-0.2, -0.15) is 5.10 Å². The smallest absolute Gasteiger partial charge is 0.252 e. The van der Waals surface area contributed by atoms with Crippen molar-refractivity contribution in [2.75, 3.05) is 19.8 Å². The Morgan fingerprint density at radius 3 is 2.85 bits per heavy atom. The summed E-state index contributed by atoms with van der Waals surface area (Å²) in [4.78, 5) is 19.2. The summed E-state index contributed by atoms with van der Waals surface area (Å²) in [6.07, 6.45) is 3.15. The molecule has 1 fully saturated rings. The first-order valence-corrected chi connectivity index (χ1v) is 11.9. The van der Waals surface area contributed by atoms with Crippen LogP contribution in [0.2, 0.25) is 0 Å². The summed E-state index contributed by atoms with van der Waals surface area (Å²) in [6.45, 7) is 4.07. The average molecular weight is 465 g/mol. The number of carbonyl (C=O) groups excluding carboxylic acids is 1. The fourth-order valence-electron chi connectivity index (χ4n) is 4.52. The van der Waals surface area contributed by atoms with E-state index in [4.69, 9.17) is 4.74 Å². The topological polar surface area (TPSA) is 69.0 Å². The summed E-state index contributed by atoms with van der Waals surface area (Å²) in [6, 6.07) is 12.5. The molecule has 0 radical (unpaired) electrons. The Bertz CT molecular complexity index is 1280. The van der Waals surface area contributed by atoms with E-state index in [2.05, 4.69) is 21.5 Å². The maximum Gasteiger partial charge on any atom is 0.252 e. The zero-order valence-electron chi connectivity index (χ0n) is 18.4. The molecule has 1 aliphatic heterocycles. The molecule has 6 nitrogen and oxygen atoms in total. The molecule has 5 rings (SSSR count). The highest BCUT2D eigenvalue weighted by molar-refractivity contribution is 7.09. The lowest BCUT2D eigenvalue weighted by Crippen LogP contribution is -2.44. The summed E-state index contributed by atoms with van der Waals surface area (Å²) < 4.78 is 21.4. The van der Waals surface area contributed by atoms with Crippen LogP contribution in [0.4, 0.5) is 4.39 Å². The van der Waals surface area contributed by atoms with Crippen LogP contribution in [0.15, 0.2) is 54.0 Å². The van der Waals surface area contributed by atoms with Crippen molar-refractivity contribution in [1.82, 2.24) is 20.1 Å². The Morgan fingerprint density at radius 1 is 1.24 bits per heavy atom. The fourth-order valence-corrected chi connectivity index (χ4v) is 5.21. The van der Waals surface area contributed by atoms with Crippen LogP contribution in [-0.4, -0.2) is 40.4 Å². The van der Waals surface area contributed by atoms with Crippen molar-refractivity contribution < 1.29 is 13.9 Å². The fraction of sp³-hybridized carbons (Fsp3) is 0.320. The van der Waals surface area contributed by atoms with Gasteiger partial charge in [-0.05, 0) is 55.0 Å². The SMILES string of the molecule is Cc1cc(C(=O)NCC2(c3cccc(F)c3)CCOCC2)c2cnn(Cc3cccs3)c2n1. The number of carbonyl (C=O) groups is 1. The van der Waals surface area contributed by atoms with Crippen LogP contribution in [0.3, 0.4) is 0 Å². The standard InChI is InChI=1S/C25H25FN4O2S/c1-17-12-21(22-14-28-30(23(22)29-17)15-20-6-3-11-33-20)24(31)27-16-25(7-9-32-10-8-25)18-4-2-5-19(26)13-18/h2-6,11-14H,7-10,15-16H2,1H3,(H,27,31). The predicted molar refractivity (Wildman–Crippen MR) is 126 cm³/mol. The Labute approximate surface area is 195 Å². The molecule has 4 aromatic rings. The molecule has 3 aromatic heterocycles. The normalized spacial score (nSPS) is 15.6. The first kappa shape index (κ1) is 21.7. The molecule has 1 aliphatic rings. The third kappa shape index (κ3) is 4.41. The van der Waals surface area contributed by atoms with Crippen molar-refractivity contribution in [1.29, 1.82) is 0 Å².